The molecule has 0 radical (unpaired) electrons. The van der Waals surface area contributed by atoms with Gasteiger partial charge in [-0.2, -0.15) is 0 Å². The van der Waals surface area contributed by atoms with Crippen LogP contribution in [-0.4, -0.2) is 6.41 Å². The highest BCUT2D eigenvalue weighted by Crippen LogP contribution is 2.01. The van der Waals surface area contributed by atoms with Gasteiger partial charge in [-0.25, -0.2) is 0 Å². The van der Waals surface area contributed by atoms with Crippen LogP contribution in [-0.2, 0) is 4.79 Å². The first-order chi connectivity index (χ1) is 5.43. The summed E-state index contributed by atoms with van der Waals surface area (Å²) in [6.07, 6.45) is 0.662. The number of carbonyl (C=O) groups excluding carboxylic acids is 1. The highest BCUT2D eigenvalue weighted by molar-refractivity contribution is 5.70. The van der Waals surface area contributed by atoms with E-state index < -0.39 is 0 Å². The summed E-state index contributed by atoms with van der Waals surface area (Å²) in [5.41, 5.74) is 0.826. The van der Waals surface area contributed by atoms with Gasteiger partial charge in [-0.05, 0) is 12.1 Å². The molecule has 0 atom stereocenters. The first-order valence-corrected chi connectivity index (χ1v) is 3.69. The van der Waals surface area contributed by atoms with E-state index in [1.165, 1.54) is 0 Å². The van der Waals surface area contributed by atoms with Gasteiger partial charge in [0.15, 0.2) is 0 Å². The highest BCUT2D eigenvalue weighted by Gasteiger charge is 1.81. The molecule has 0 spiro atoms. The van der Waals surface area contributed by atoms with Crippen molar-refractivity contribution in [3.05, 3.63) is 30.3 Å². The van der Waals surface area contributed by atoms with E-state index in [1.807, 2.05) is 44.2 Å². The third kappa shape index (κ3) is 4.14. The normalized spacial score (nSPS) is 7.45. The number of rotatable bonds is 2. The maximum atomic E-state index is 9.86. The van der Waals surface area contributed by atoms with Crippen LogP contribution in [0.5, 0.6) is 0 Å². The zero-order chi connectivity index (χ0) is 8.53. The van der Waals surface area contributed by atoms with E-state index in [0.717, 1.165) is 5.69 Å². The van der Waals surface area contributed by atoms with Gasteiger partial charge < -0.3 is 5.32 Å². The van der Waals surface area contributed by atoms with Gasteiger partial charge >= 0.3 is 0 Å². The number of nitrogens with one attached hydrogen (secondary N) is 1. The number of para-hydroxylation sites is 1. The van der Waals surface area contributed by atoms with Crippen LogP contribution in [0.15, 0.2) is 30.3 Å². The fourth-order valence-corrected chi connectivity index (χ4v) is 0.602. The van der Waals surface area contributed by atoms with E-state index in [0.29, 0.717) is 6.41 Å². The SMILES string of the molecule is CC.O=CNc1ccccc1.[HH]. The van der Waals surface area contributed by atoms with E-state index in [2.05, 4.69) is 5.32 Å². The molecular weight excluding hydrogens is 138 g/mol. The summed E-state index contributed by atoms with van der Waals surface area (Å²) >= 11 is 0. The summed E-state index contributed by atoms with van der Waals surface area (Å²) < 4.78 is 0. The minimum absolute atomic E-state index is 0. The number of amides is 1. The predicted octanol–water partition coefficient (Wildman–Crippen LogP) is 2.53. The highest BCUT2D eigenvalue weighted by atomic mass is 16.1. The van der Waals surface area contributed by atoms with Crippen molar-refractivity contribution >= 4 is 12.1 Å². The van der Waals surface area contributed by atoms with Crippen molar-refractivity contribution < 1.29 is 6.22 Å². The van der Waals surface area contributed by atoms with E-state index in [-0.39, 0.29) is 1.43 Å². The maximum Gasteiger partial charge on any atom is 0.211 e. The van der Waals surface area contributed by atoms with Crippen LogP contribution < -0.4 is 5.32 Å². The molecule has 11 heavy (non-hydrogen) atoms. The maximum absolute atomic E-state index is 9.86. The predicted molar refractivity (Wildman–Crippen MR) is 49.6 cm³/mol. The largest absolute Gasteiger partial charge is 0.329 e. The Bertz CT molecular complexity index is 189. The molecule has 0 bridgehead atoms. The Labute approximate surface area is 68.7 Å². The molecule has 62 valence electrons. The van der Waals surface area contributed by atoms with E-state index in [9.17, 15) is 4.79 Å². The summed E-state index contributed by atoms with van der Waals surface area (Å²) in [7, 11) is 0. The standard InChI is InChI=1S/C7H7NO.C2H6.H2/c9-6-8-7-4-2-1-3-5-7;1-2;/h1-6H,(H,8,9);1-2H3;1H. The van der Waals surface area contributed by atoms with Crippen molar-refractivity contribution in [3.8, 4) is 0 Å². The molecule has 0 heterocycles. The monoisotopic (exact) mass is 153 g/mol. The molecule has 0 fully saturated rings. The van der Waals surface area contributed by atoms with Crippen molar-refractivity contribution in [3.63, 3.8) is 0 Å². The molecular formula is C9H15NO. The van der Waals surface area contributed by atoms with Crippen LogP contribution in [0.4, 0.5) is 5.69 Å². The lowest BCUT2D eigenvalue weighted by Crippen LogP contribution is -1.91. The van der Waals surface area contributed by atoms with Crippen LogP contribution in [0, 0.1) is 0 Å². The van der Waals surface area contributed by atoms with Crippen LogP contribution in [0.2, 0.25) is 0 Å². The second-order valence-electron chi connectivity index (χ2n) is 1.63. The van der Waals surface area contributed by atoms with Gasteiger partial charge in [0.2, 0.25) is 6.41 Å². The van der Waals surface area contributed by atoms with Crippen molar-refractivity contribution in [2.75, 3.05) is 5.32 Å². The average Bonchev–Trinajstić information content (AvgIpc) is 2.11. The second-order valence-corrected chi connectivity index (χ2v) is 1.63. The number of hydrogen-bond donors (Lipinski definition) is 1. The first kappa shape index (κ1) is 9.69. The van der Waals surface area contributed by atoms with Crippen LogP contribution in [0.25, 0.3) is 0 Å². The molecule has 2 heteroatoms. The van der Waals surface area contributed by atoms with E-state index in [4.69, 9.17) is 0 Å². The Balaban J connectivity index is 0. The molecule has 0 aliphatic heterocycles. The van der Waals surface area contributed by atoms with E-state index in [1.54, 1.807) is 0 Å². The van der Waals surface area contributed by atoms with Crippen LogP contribution >= 0.6 is 0 Å². The van der Waals surface area contributed by atoms with Crippen LogP contribution in [0.3, 0.4) is 0 Å². The Morgan fingerprint density at radius 2 is 1.82 bits per heavy atom. The van der Waals surface area contributed by atoms with Gasteiger partial charge in [0, 0.05) is 7.11 Å². The molecule has 0 aliphatic carbocycles. The van der Waals surface area contributed by atoms with Crippen molar-refractivity contribution in [2.24, 2.45) is 0 Å². The third-order valence-electron chi connectivity index (χ3n) is 0.999. The Hall–Kier alpha value is -1.31. The van der Waals surface area contributed by atoms with Gasteiger partial charge in [0.25, 0.3) is 0 Å². The number of benzene rings is 1. The molecule has 1 N–H and O–H groups in total. The summed E-state index contributed by atoms with van der Waals surface area (Å²) in [6.45, 7) is 4.00. The number of carbonyl (C=O) groups is 1. The lowest BCUT2D eigenvalue weighted by atomic mass is 10.3. The Morgan fingerprint density at radius 3 is 2.27 bits per heavy atom. The molecule has 2 nitrogen and oxygen atoms in total. The summed E-state index contributed by atoms with van der Waals surface area (Å²) in [5.74, 6) is 0. The van der Waals surface area contributed by atoms with E-state index >= 15 is 0 Å². The van der Waals surface area contributed by atoms with Gasteiger partial charge in [-0.3, -0.25) is 4.79 Å². The fraction of sp³-hybridized carbons (Fsp3) is 0.222. The molecule has 0 unspecified atom stereocenters. The smallest absolute Gasteiger partial charge is 0.211 e. The first-order valence-electron chi connectivity index (χ1n) is 3.69. The molecule has 1 rings (SSSR count). The Morgan fingerprint density at radius 1 is 1.27 bits per heavy atom. The van der Waals surface area contributed by atoms with Gasteiger partial charge in [-0.1, -0.05) is 32.0 Å². The van der Waals surface area contributed by atoms with Gasteiger partial charge in [-0.15, -0.1) is 0 Å². The van der Waals surface area contributed by atoms with Crippen molar-refractivity contribution in [1.82, 2.24) is 0 Å². The number of hydrogen-bond acceptors (Lipinski definition) is 1. The second kappa shape index (κ2) is 6.81. The van der Waals surface area contributed by atoms with Gasteiger partial charge in [0.1, 0.15) is 0 Å². The van der Waals surface area contributed by atoms with Crippen molar-refractivity contribution in [1.29, 1.82) is 0 Å². The Kier molecular flexibility index (Phi) is 5.99. The molecule has 1 aromatic rings. The zero-order valence-electron chi connectivity index (χ0n) is 6.87. The zero-order valence-corrected chi connectivity index (χ0v) is 6.87. The van der Waals surface area contributed by atoms with Crippen LogP contribution in [0.1, 0.15) is 15.3 Å². The lowest BCUT2D eigenvalue weighted by molar-refractivity contribution is -0.105. The topological polar surface area (TPSA) is 29.1 Å². The quantitative estimate of drug-likeness (QED) is 0.650. The molecule has 0 saturated heterocycles. The van der Waals surface area contributed by atoms with Gasteiger partial charge in [0.05, 0.1) is 0 Å². The minimum atomic E-state index is 0. The lowest BCUT2D eigenvalue weighted by Gasteiger charge is -1.93. The molecule has 1 amide bonds. The number of anilines is 1. The average molecular weight is 153 g/mol. The molecule has 0 aliphatic rings. The molecule has 0 aromatic heterocycles. The molecule has 1 aromatic carbocycles. The minimum Gasteiger partial charge on any atom is -0.329 e. The summed E-state index contributed by atoms with van der Waals surface area (Å²) in [4.78, 5) is 9.86. The summed E-state index contributed by atoms with van der Waals surface area (Å²) in [6, 6.07) is 9.29. The fourth-order valence-electron chi connectivity index (χ4n) is 0.602. The molecule has 0 saturated carbocycles. The summed E-state index contributed by atoms with van der Waals surface area (Å²) in [5, 5.41) is 2.53. The van der Waals surface area contributed by atoms with Crippen molar-refractivity contribution in [2.45, 2.75) is 13.8 Å². The third-order valence-corrected chi connectivity index (χ3v) is 0.999.